The van der Waals surface area contributed by atoms with Crippen molar-refractivity contribution in [3.05, 3.63) is 35.9 Å². The molecule has 0 bridgehead atoms. The molecule has 0 saturated heterocycles. The highest BCUT2D eigenvalue weighted by molar-refractivity contribution is 5.78. The Kier molecular flexibility index (Phi) is 4.73. The monoisotopic (exact) mass is 248 g/mol. The van der Waals surface area contributed by atoms with Gasteiger partial charge < -0.3 is 10.1 Å². The lowest BCUT2D eigenvalue weighted by Crippen LogP contribution is -2.37. The number of hydrogen-bond donors (Lipinski definition) is 2. The van der Waals surface area contributed by atoms with Crippen LogP contribution in [-0.4, -0.2) is 32.2 Å². The predicted octanol–water partition coefficient (Wildman–Crippen LogP) is 1.24. The predicted molar refractivity (Wildman–Crippen MR) is 70.2 cm³/mol. The summed E-state index contributed by atoms with van der Waals surface area (Å²) in [5.74, 6) is 0.0644. The first kappa shape index (κ1) is 13.1. The third-order valence-corrected chi connectivity index (χ3v) is 2.99. The zero-order valence-corrected chi connectivity index (χ0v) is 10.7. The van der Waals surface area contributed by atoms with E-state index >= 15 is 0 Å². The van der Waals surface area contributed by atoms with Crippen molar-refractivity contribution in [1.29, 1.82) is 0 Å². The van der Waals surface area contributed by atoms with E-state index in [-0.39, 0.29) is 11.9 Å². The molecule has 0 aliphatic heterocycles. The van der Waals surface area contributed by atoms with E-state index in [0.717, 1.165) is 18.4 Å². The minimum absolute atomic E-state index is 0.0566. The first-order chi connectivity index (χ1) is 8.79. The van der Waals surface area contributed by atoms with Crippen molar-refractivity contribution in [3.63, 3.8) is 0 Å². The number of hydrogen-bond acceptors (Lipinski definition) is 3. The van der Waals surface area contributed by atoms with Crippen molar-refractivity contribution in [2.45, 2.75) is 24.9 Å². The molecule has 0 radical (unpaired) electrons. The fraction of sp³-hybridized carbons (Fsp3) is 0.500. The minimum atomic E-state index is 0.0566. The largest absolute Gasteiger partial charge is 0.383 e. The van der Waals surface area contributed by atoms with Gasteiger partial charge in [-0.05, 0) is 18.4 Å². The van der Waals surface area contributed by atoms with E-state index < -0.39 is 0 Å². The Morgan fingerprint density at radius 1 is 1.39 bits per heavy atom. The van der Waals surface area contributed by atoms with Gasteiger partial charge in [0.1, 0.15) is 0 Å². The average molecular weight is 248 g/mol. The molecule has 2 N–H and O–H groups in total. The molecule has 1 unspecified atom stereocenters. The summed E-state index contributed by atoms with van der Waals surface area (Å²) in [6.07, 6.45) is 2.23. The maximum atomic E-state index is 11.6. The van der Waals surface area contributed by atoms with Crippen LogP contribution in [-0.2, 0) is 9.53 Å². The molecule has 1 fully saturated rings. The lowest BCUT2D eigenvalue weighted by atomic mass is 10.1. The van der Waals surface area contributed by atoms with E-state index in [1.54, 1.807) is 7.11 Å². The highest BCUT2D eigenvalue weighted by Crippen LogP contribution is 2.18. The Hall–Kier alpha value is -1.39. The second-order valence-corrected chi connectivity index (χ2v) is 4.64. The third-order valence-electron chi connectivity index (χ3n) is 2.99. The average Bonchev–Trinajstić information content (AvgIpc) is 3.19. The van der Waals surface area contributed by atoms with Crippen LogP contribution in [0.15, 0.2) is 30.3 Å². The van der Waals surface area contributed by atoms with Gasteiger partial charge in [-0.25, -0.2) is 0 Å². The lowest BCUT2D eigenvalue weighted by molar-refractivity contribution is -0.120. The molecule has 1 amide bonds. The number of amides is 1. The van der Waals surface area contributed by atoms with Crippen LogP contribution >= 0.6 is 0 Å². The lowest BCUT2D eigenvalue weighted by Gasteiger charge is -2.18. The van der Waals surface area contributed by atoms with Gasteiger partial charge in [0.05, 0.1) is 19.2 Å². The Morgan fingerprint density at radius 3 is 2.72 bits per heavy atom. The Labute approximate surface area is 108 Å². The van der Waals surface area contributed by atoms with E-state index in [9.17, 15) is 4.79 Å². The molecule has 2 rings (SSSR count). The van der Waals surface area contributed by atoms with Gasteiger partial charge in [-0.1, -0.05) is 30.3 Å². The standard InChI is InChI=1S/C14H20N2O2/c1-18-10-13(11-5-3-2-4-6-11)15-9-14(17)16-12-7-8-12/h2-6,12-13,15H,7-10H2,1H3,(H,16,17). The maximum Gasteiger partial charge on any atom is 0.234 e. The van der Waals surface area contributed by atoms with Gasteiger partial charge in [-0.3, -0.25) is 10.1 Å². The van der Waals surface area contributed by atoms with Crippen LogP contribution in [0.25, 0.3) is 0 Å². The molecular formula is C14H20N2O2. The summed E-state index contributed by atoms with van der Waals surface area (Å²) in [6, 6.07) is 10.5. The van der Waals surface area contributed by atoms with Crippen LogP contribution < -0.4 is 10.6 Å². The number of rotatable bonds is 7. The quantitative estimate of drug-likeness (QED) is 0.763. The topological polar surface area (TPSA) is 50.4 Å². The molecule has 1 atom stereocenters. The van der Waals surface area contributed by atoms with Crippen LogP contribution in [0.2, 0.25) is 0 Å². The maximum absolute atomic E-state index is 11.6. The van der Waals surface area contributed by atoms with Gasteiger partial charge in [-0.15, -0.1) is 0 Å². The Bertz CT molecular complexity index is 377. The van der Waals surface area contributed by atoms with Crippen molar-refractivity contribution in [2.75, 3.05) is 20.3 Å². The molecule has 4 heteroatoms. The van der Waals surface area contributed by atoms with E-state index in [4.69, 9.17) is 4.74 Å². The second-order valence-electron chi connectivity index (χ2n) is 4.64. The smallest absolute Gasteiger partial charge is 0.234 e. The zero-order chi connectivity index (χ0) is 12.8. The molecule has 18 heavy (non-hydrogen) atoms. The summed E-state index contributed by atoms with van der Waals surface area (Å²) < 4.78 is 5.19. The van der Waals surface area contributed by atoms with Gasteiger partial charge in [0.2, 0.25) is 5.91 Å². The van der Waals surface area contributed by atoms with Crippen molar-refractivity contribution in [2.24, 2.45) is 0 Å². The van der Waals surface area contributed by atoms with Crippen LogP contribution in [0.3, 0.4) is 0 Å². The van der Waals surface area contributed by atoms with Gasteiger partial charge in [-0.2, -0.15) is 0 Å². The van der Waals surface area contributed by atoms with Gasteiger partial charge >= 0.3 is 0 Å². The van der Waals surface area contributed by atoms with E-state index in [2.05, 4.69) is 10.6 Å². The SMILES string of the molecule is COCC(NCC(=O)NC1CC1)c1ccccc1. The number of carbonyl (C=O) groups excluding carboxylic acids is 1. The summed E-state index contributed by atoms with van der Waals surface area (Å²) in [4.78, 5) is 11.6. The van der Waals surface area contributed by atoms with Crippen LogP contribution in [0, 0.1) is 0 Å². The van der Waals surface area contributed by atoms with Crippen LogP contribution in [0.5, 0.6) is 0 Å². The van der Waals surface area contributed by atoms with E-state index in [1.807, 2.05) is 30.3 Å². The molecule has 0 aromatic heterocycles. The first-order valence-corrected chi connectivity index (χ1v) is 6.36. The van der Waals surface area contributed by atoms with Gasteiger partial charge in [0.25, 0.3) is 0 Å². The number of methoxy groups -OCH3 is 1. The van der Waals surface area contributed by atoms with Crippen LogP contribution in [0.4, 0.5) is 0 Å². The molecule has 98 valence electrons. The van der Waals surface area contributed by atoms with Crippen molar-refractivity contribution >= 4 is 5.91 Å². The van der Waals surface area contributed by atoms with Gasteiger partial charge in [0.15, 0.2) is 0 Å². The number of ether oxygens (including phenoxy) is 1. The molecular weight excluding hydrogens is 228 g/mol. The van der Waals surface area contributed by atoms with E-state index in [1.165, 1.54) is 0 Å². The molecule has 1 aromatic carbocycles. The minimum Gasteiger partial charge on any atom is -0.383 e. The molecule has 0 spiro atoms. The second kappa shape index (κ2) is 6.52. The third kappa shape index (κ3) is 4.13. The Morgan fingerprint density at radius 2 is 2.11 bits per heavy atom. The van der Waals surface area contributed by atoms with Crippen LogP contribution in [0.1, 0.15) is 24.4 Å². The summed E-state index contributed by atoms with van der Waals surface area (Å²) in [7, 11) is 1.67. The van der Waals surface area contributed by atoms with Crippen molar-refractivity contribution in [1.82, 2.24) is 10.6 Å². The molecule has 1 saturated carbocycles. The molecule has 0 heterocycles. The number of nitrogens with one attached hydrogen (secondary N) is 2. The molecule has 4 nitrogen and oxygen atoms in total. The fourth-order valence-electron chi connectivity index (χ4n) is 1.85. The molecule has 1 aliphatic rings. The first-order valence-electron chi connectivity index (χ1n) is 6.36. The summed E-state index contributed by atoms with van der Waals surface area (Å²) in [5.41, 5.74) is 1.14. The number of benzene rings is 1. The molecule has 1 aliphatic carbocycles. The summed E-state index contributed by atoms with van der Waals surface area (Å²) >= 11 is 0. The highest BCUT2D eigenvalue weighted by atomic mass is 16.5. The molecule has 1 aromatic rings. The zero-order valence-electron chi connectivity index (χ0n) is 10.7. The van der Waals surface area contributed by atoms with E-state index in [0.29, 0.717) is 19.2 Å². The van der Waals surface area contributed by atoms with Gasteiger partial charge in [0, 0.05) is 13.2 Å². The fourth-order valence-corrected chi connectivity index (χ4v) is 1.85. The van der Waals surface area contributed by atoms with Crippen molar-refractivity contribution < 1.29 is 9.53 Å². The summed E-state index contributed by atoms with van der Waals surface area (Å²) in [6.45, 7) is 0.889. The Balaban J connectivity index is 1.83. The van der Waals surface area contributed by atoms with Crippen molar-refractivity contribution in [3.8, 4) is 0 Å². The summed E-state index contributed by atoms with van der Waals surface area (Å²) in [5, 5.41) is 6.19. The number of carbonyl (C=O) groups is 1. The highest BCUT2D eigenvalue weighted by Gasteiger charge is 2.23. The normalized spacial score (nSPS) is 16.3.